The van der Waals surface area contributed by atoms with Crippen molar-refractivity contribution in [3.05, 3.63) is 36.4 Å². The lowest BCUT2D eigenvalue weighted by molar-refractivity contribution is -0.152. The van der Waals surface area contributed by atoms with Crippen LogP contribution in [0.25, 0.3) is 0 Å². The number of anilines is 2. The standard InChI is InChI=1S/C19H22N2O4/c1-13-11-17(22)20-15-9-5-6-10-16(15)21(13)18(23)12-25-19(24)14-7-3-2-4-8-14/h2-3,5-6,9-10,13-14H,4,7-8,11-12H2,1H3,(H,20,22). The summed E-state index contributed by atoms with van der Waals surface area (Å²) in [6.07, 6.45) is 6.50. The van der Waals surface area contributed by atoms with Crippen LogP contribution in [0.2, 0.25) is 0 Å². The molecule has 6 nitrogen and oxygen atoms in total. The molecule has 1 aromatic rings. The van der Waals surface area contributed by atoms with E-state index in [1.165, 1.54) is 0 Å². The maximum atomic E-state index is 12.7. The molecule has 1 N–H and O–H groups in total. The van der Waals surface area contributed by atoms with Crippen molar-refractivity contribution in [3.63, 3.8) is 0 Å². The Bertz CT molecular complexity index is 713. The fraction of sp³-hybridized carbons (Fsp3) is 0.421. The third kappa shape index (κ3) is 3.90. The van der Waals surface area contributed by atoms with E-state index in [-0.39, 0.29) is 42.8 Å². The van der Waals surface area contributed by atoms with Gasteiger partial charge in [-0.15, -0.1) is 0 Å². The highest BCUT2D eigenvalue weighted by Gasteiger charge is 2.30. The largest absolute Gasteiger partial charge is 0.455 e. The lowest BCUT2D eigenvalue weighted by Crippen LogP contribution is -2.41. The third-order valence-electron chi connectivity index (χ3n) is 4.57. The molecule has 0 radical (unpaired) electrons. The Kier molecular flexibility index (Phi) is 5.16. The summed E-state index contributed by atoms with van der Waals surface area (Å²) in [7, 11) is 0. The number of carbonyl (C=O) groups is 3. The molecule has 0 saturated heterocycles. The van der Waals surface area contributed by atoms with E-state index in [4.69, 9.17) is 4.74 Å². The molecule has 1 aliphatic carbocycles. The maximum Gasteiger partial charge on any atom is 0.309 e. The fourth-order valence-corrected chi connectivity index (χ4v) is 3.30. The zero-order chi connectivity index (χ0) is 17.8. The molecule has 3 rings (SSSR count). The molecule has 0 spiro atoms. The van der Waals surface area contributed by atoms with Gasteiger partial charge in [-0.2, -0.15) is 0 Å². The number of nitrogens with one attached hydrogen (secondary N) is 1. The normalized spacial score (nSPS) is 22.6. The van der Waals surface area contributed by atoms with Crippen LogP contribution in [-0.4, -0.2) is 30.4 Å². The van der Waals surface area contributed by atoms with Crippen LogP contribution >= 0.6 is 0 Å². The number of rotatable bonds is 3. The Morgan fingerprint density at radius 3 is 2.84 bits per heavy atom. The van der Waals surface area contributed by atoms with Crippen LogP contribution in [0.1, 0.15) is 32.6 Å². The minimum absolute atomic E-state index is 0.138. The zero-order valence-electron chi connectivity index (χ0n) is 14.2. The molecule has 2 atom stereocenters. The van der Waals surface area contributed by atoms with Gasteiger partial charge in [-0.25, -0.2) is 0 Å². The van der Waals surface area contributed by atoms with E-state index in [0.29, 0.717) is 17.8 Å². The zero-order valence-corrected chi connectivity index (χ0v) is 14.2. The van der Waals surface area contributed by atoms with Gasteiger partial charge in [-0.1, -0.05) is 24.3 Å². The SMILES string of the molecule is CC1CC(=O)Nc2ccccc2N1C(=O)COC(=O)C1CC=CCC1. The van der Waals surface area contributed by atoms with E-state index in [1.54, 1.807) is 23.1 Å². The first-order chi connectivity index (χ1) is 12.1. The van der Waals surface area contributed by atoms with Crippen molar-refractivity contribution >= 4 is 29.2 Å². The fourth-order valence-electron chi connectivity index (χ4n) is 3.30. The van der Waals surface area contributed by atoms with Gasteiger partial charge in [-0.3, -0.25) is 14.4 Å². The van der Waals surface area contributed by atoms with Gasteiger partial charge in [0, 0.05) is 12.5 Å². The van der Waals surface area contributed by atoms with Crippen LogP contribution in [0.4, 0.5) is 11.4 Å². The number of ether oxygens (including phenoxy) is 1. The Morgan fingerprint density at radius 1 is 1.28 bits per heavy atom. The lowest BCUT2D eigenvalue weighted by atomic mass is 9.95. The number of amides is 2. The van der Waals surface area contributed by atoms with E-state index in [2.05, 4.69) is 11.4 Å². The lowest BCUT2D eigenvalue weighted by Gasteiger charge is -2.28. The molecule has 2 amide bonds. The van der Waals surface area contributed by atoms with Crippen LogP contribution in [0.15, 0.2) is 36.4 Å². The van der Waals surface area contributed by atoms with Gasteiger partial charge in [0.05, 0.1) is 17.3 Å². The van der Waals surface area contributed by atoms with Crippen molar-refractivity contribution in [1.82, 2.24) is 0 Å². The van der Waals surface area contributed by atoms with Gasteiger partial charge in [0.1, 0.15) is 0 Å². The second kappa shape index (κ2) is 7.51. The van der Waals surface area contributed by atoms with Crippen molar-refractivity contribution in [2.75, 3.05) is 16.8 Å². The molecule has 2 unspecified atom stereocenters. The monoisotopic (exact) mass is 342 g/mol. The van der Waals surface area contributed by atoms with E-state index >= 15 is 0 Å². The number of esters is 1. The van der Waals surface area contributed by atoms with Crippen molar-refractivity contribution in [2.45, 2.75) is 38.6 Å². The van der Waals surface area contributed by atoms with Gasteiger partial charge in [0.2, 0.25) is 5.91 Å². The topological polar surface area (TPSA) is 75.7 Å². The number of hydrogen-bond acceptors (Lipinski definition) is 4. The minimum atomic E-state index is -0.331. The molecule has 0 bridgehead atoms. The first kappa shape index (κ1) is 17.2. The average Bonchev–Trinajstić information content (AvgIpc) is 2.74. The van der Waals surface area contributed by atoms with Gasteiger partial charge >= 0.3 is 5.97 Å². The Balaban J connectivity index is 1.71. The summed E-state index contributed by atoms with van der Waals surface area (Å²) >= 11 is 0. The van der Waals surface area contributed by atoms with Crippen molar-refractivity contribution in [1.29, 1.82) is 0 Å². The third-order valence-corrected chi connectivity index (χ3v) is 4.57. The number of fused-ring (bicyclic) bond motifs is 1. The van der Waals surface area contributed by atoms with Crippen LogP contribution in [0, 0.1) is 5.92 Å². The molecular formula is C19H22N2O4. The van der Waals surface area contributed by atoms with E-state index in [9.17, 15) is 14.4 Å². The summed E-state index contributed by atoms with van der Waals surface area (Å²) in [5, 5.41) is 2.81. The van der Waals surface area contributed by atoms with E-state index in [1.807, 2.05) is 19.1 Å². The predicted molar refractivity (Wildman–Crippen MR) is 94.1 cm³/mol. The Morgan fingerprint density at radius 2 is 2.08 bits per heavy atom. The molecular weight excluding hydrogens is 320 g/mol. The molecule has 6 heteroatoms. The number of allylic oxidation sites excluding steroid dienone is 2. The molecule has 0 saturated carbocycles. The van der Waals surface area contributed by atoms with Crippen molar-refractivity contribution < 1.29 is 19.1 Å². The predicted octanol–water partition coefficient (Wildman–Crippen LogP) is 2.65. The van der Waals surface area contributed by atoms with Gasteiger partial charge in [-0.05, 0) is 38.3 Å². The van der Waals surface area contributed by atoms with Crippen LogP contribution in [0.5, 0.6) is 0 Å². The van der Waals surface area contributed by atoms with Crippen LogP contribution in [0.3, 0.4) is 0 Å². The molecule has 1 aromatic carbocycles. The highest BCUT2D eigenvalue weighted by Crippen LogP contribution is 2.31. The molecule has 0 fully saturated rings. The van der Waals surface area contributed by atoms with E-state index < -0.39 is 0 Å². The van der Waals surface area contributed by atoms with Gasteiger partial charge in [0.25, 0.3) is 5.91 Å². The maximum absolute atomic E-state index is 12.7. The summed E-state index contributed by atoms with van der Waals surface area (Å²) in [6, 6.07) is 6.83. The molecule has 0 aromatic heterocycles. The Labute approximate surface area is 146 Å². The minimum Gasteiger partial charge on any atom is -0.455 e. The first-order valence-electron chi connectivity index (χ1n) is 8.59. The van der Waals surface area contributed by atoms with Gasteiger partial charge in [0.15, 0.2) is 6.61 Å². The highest BCUT2D eigenvalue weighted by atomic mass is 16.5. The van der Waals surface area contributed by atoms with Crippen LogP contribution < -0.4 is 10.2 Å². The summed E-state index contributed by atoms with van der Waals surface area (Å²) < 4.78 is 5.26. The average molecular weight is 342 g/mol. The summed E-state index contributed by atoms with van der Waals surface area (Å²) in [6.45, 7) is 1.50. The summed E-state index contributed by atoms with van der Waals surface area (Å²) in [5.74, 6) is -0.963. The number of para-hydroxylation sites is 2. The first-order valence-corrected chi connectivity index (χ1v) is 8.59. The van der Waals surface area contributed by atoms with Crippen molar-refractivity contribution in [3.8, 4) is 0 Å². The number of carbonyl (C=O) groups excluding carboxylic acids is 3. The molecule has 25 heavy (non-hydrogen) atoms. The number of nitrogens with zero attached hydrogens (tertiary/aromatic N) is 1. The molecule has 1 aliphatic heterocycles. The van der Waals surface area contributed by atoms with Crippen LogP contribution in [-0.2, 0) is 19.1 Å². The van der Waals surface area contributed by atoms with E-state index in [0.717, 1.165) is 12.8 Å². The second-order valence-electron chi connectivity index (χ2n) is 6.47. The molecule has 132 valence electrons. The smallest absolute Gasteiger partial charge is 0.309 e. The Hall–Kier alpha value is -2.63. The summed E-state index contributed by atoms with van der Waals surface area (Å²) in [4.78, 5) is 38.4. The summed E-state index contributed by atoms with van der Waals surface area (Å²) in [5.41, 5.74) is 1.22. The van der Waals surface area contributed by atoms with Gasteiger partial charge < -0.3 is 15.0 Å². The quantitative estimate of drug-likeness (QED) is 0.677. The number of benzene rings is 1. The highest BCUT2D eigenvalue weighted by molar-refractivity contribution is 6.05. The second-order valence-corrected chi connectivity index (χ2v) is 6.47. The molecule has 1 heterocycles. The molecule has 2 aliphatic rings. The number of hydrogen-bond donors (Lipinski definition) is 1. The van der Waals surface area contributed by atoms with Crippen molar-refractivity contribution in [2.24, 2.45) is 5.92 Å².